The van der Waals surface area contributed by atoms with Crippen molar-refractivity contribution < 1.29 is 9.47 Å². The Hall–Kier alpha value is 0.160. The molecule has 0 rings (SSSR count). The lowest BCUT2D eigenvalue weighted by molar-refractivity contribution is -0.138. The molecule has 0 spiro atoms. The van der Waals surface area contributed by atoms with E-state index in [0.717, 1.165) is 38.9 Å². The van der Waals surface area contributed by atoms with E-state index in [1.165, 1.54) is 0 Å². The van der Waals surface area contributed by atoms with Crippen LogP contribution >= 0.6 is 24.8 Å². The molecule has 1 N–H and O–H groups in total. The van der Waals surface area contributed by atoms with Crippen LogP contribution in [-0.4, -0.2) is 30.4 Å². The Morgan fingerprint density at radius 1 is 1.19 bits per heavy atom. The molecular formula is C11H23NO2S2. The van der Waals surface area contributed by atoms with Gasteiger partial charge in [-0.25, -0.2) is 0 Å². The van der Waals surface area contributed by atoms with Crippen molar-refractivity contribution in [3.8, 4) is 0 Å². The normalized spacial score (nSPS) is 10.8. The molecule has 3 nitrogen and oxygen atoms in total. The number of hydrogen-bond acceptors (Lipinski definition) is 3. The van der Waals surface area contributed by atoms with Gasteiger partial charge in [0.25, 0.3) is 0 Å². The van der Waals surface area contributed by atoms with Gasteiger partial charge < -0.3 is 14.8 Å². The molecule has 0 aliphatic carbocycles. The van der Waals surface area contributed by atoms with Gasteiger partial charge in [0.2, 0.25) is 0 Å². The van der Waals surface area contributed by atoms with Gasteiger partial charge >= 0.3 is 0 Å². The maximum absolute atomic E-state index is 5.60. The van der Waals surface area contributed by atoms with Crippen molar-refractivity contribution in [3.05, 3.63) is 0 Å². The summed E-state index contributed by atoms with van der Waals surface area (Å²) in [4.78, 5) is 0. The molecule has 0 radical (unpaired) electrons. The van der Waals surface area contributed by atoms with Crippen molar-refractivity contribution in [3.63, 3.8) is 0 Å². The number of hydrogen-bond donors (Lipinski definition) is 2. The topological polar surface area (TPSA) is 30.5 Å². The first kappa shape index (κ1) is 16.2. The lowest BCUT2D eigenvalue weighted by Gasteiger charge is -2.19. The maximum Gasteiger partial charge on any atom is 0.174 e. The van der Waals surface area contributed by atoms with Crippen LogP contribution in [0.4, 0.5) is 0 Å². The van der Waals surface area contributed by atoms with Gasteiger partial charge in [-0.05, 0) is 12.8 Å². The third kappa shape index (κ3) is 10.7. The summed E-state index contributed by atoms with van der Waals surface area (Å²) in [6.45, 7) is 6.30. The lowest BCUT2D eigenvalue weighted by atomic mass is 10.3. The van der Waals surface area contributed by atoms with Crippen LogP contribution in [0.25, 0.3) is 0 Å². The number of ether oxygens (including phenoxy) is 2. The minimum atomic E-state index is -0.219. The fourth-order valence-electron chi connectivity index (χ4n) is 1.05. The van der Waals surface area contributed by atoms with E-state index in [0.29, 0.717) is 10.9 Å². The second-order valence-corrected chi connectivity index (χ2v) is 4.72. The summed E-state index contributed by atoms with van der Waals surface area (Å²) in [5, 5.41) is 2.95. The number of unbranched alkanes of at least 4 members (excludes halogenated alkanes) is 2. The van der Waals surface area contributed by atoms with Crippen molar-refractivity contribution >= 4 is 29.2 Å². The molecule has 0 atom stereocenters. The molecule has 0 saturated carbocycles. The smallest absolute Gasteiger partial charge is 0.174 e. The zero-order chi connectivity index (χ0) is 12.2. The van der Waals surface area contributed by atoms with Gasteiger partial charge in [0.1, 0.15) is 4.32 Å². The zero-order valence-electron chi connectivity index (χ0n) is 10.2. The van der Waals surface area contributed by atoms with Gasteiger partial charge in [-0.15, -0.1) is 12.6 Å². The second-order valence-electron chi connectivity index (χ2n) is 3.56. The van der Waals surface area contributed by atoms with Crippen LogP contribution in [-0.2, 0) is 9.47 Å². The molecule has 5 heteroatoms. The average Bonchev–Trinajstić information content (AvgIpc) is 2.25. The molecule has 0 saturated heterocycles. The van der Waals surface area contributed by atoms with Gasteiger partial charge in [0, 0.05) is 13.2 Å². The molecule has 0 aromatic heterocycles. The van der Waals surface area contributed by atoms with E-state index in [4.69, 9.17) is 21.7 Å². The van der Waals surface area contributed by atoms with E-state index in [2.05, 4.69) is 31.8 Å². The molecule has 0 unspecified atom stereocenters. The van der Waals surface area contributed by atoms with Gasteiger partial charge in [-0.1, -0.05) is 38.9 Å². The predicted molar refractivity (Wildman–Crippen MR) is 75.1 cm³/mol. The van der Waals surface area contributed by atoms with Gasteiger partial charge in [-0.2, -0.15) is 0 Å². The Balaban J connectivity index is 3.71. The molecule has 96 valence electrons. The van der Waals surface area contributed by atoms with Crippen LogP contribution in [0.3, 0.4) is 0 Å². The quantitative estimate of drug-likeness (QED) is 0.275. The molecule has 0 fully saturated rings. The molecule has 0 aromatic carbocycles. The van der Waals surface area contributed by atoms with Crippen molar-refractivity contribution in [2.75, 3.05) is 19.8 Å². The van der Waals surface area contributed by atoms with E-state index in [1.54, 1.807) is 0 Å². The van der Waals surface area contributed by atoms with Crippen molar-refractivity contribution in [2.45, 2.75) is 45.8 Å². The fourth-order valence-corrected chi connectivity index (χ4v) is 1.23. The van der Waals surface area contributed by atoms with E-state index < -0.39 is 0 Å². The van der Waals surface area contributed by atoms with Crippen LogP contribution in [0, 0.1) is 0 Å². The van der Waals surface area contributed by atoms with E-state index in [9.17, 15) is 0 Å². The van der Waals surface area contributed by atoms with E-state index in [-0.39, 0.29) is 6.29 Å². The molecule has 0 aliphatic heterocycles. The highest BCUT2D eigenvalue weighted by Gasteiger charge is 2.08. The SMILES string of the molecule is CCCCOC(CNC(=S)S)OCCCC. The van der Waals surface area contributed by atoms with Gasteiger partial charge in [-0.3, -0.25) is 0 Å². The van der Waals surface area contributed by atoms with Crippen LogP contribution in [0.1, 0.15) is 39.5 Å². The standard InChI is InChI=1S/C11H23NO2S2/c1-3-5-7-13-10(9-12-11(15)16)14-8-6-4-2/h10H,3-9H2,1-2H3,(H2,12,15,16). The average molecular weight is 265 g/mol. The van der Waals surface area contributed by atoms with Gasteiger partial charge in [0.05, 0.1) is 6.54 Å². The summed E-state index contributed by atoms with van der Waals surface area (Å²) in [5.74, 6) is 0. The largest absolute Gasteiger partial charge is 0.366 e. The molecule has 0 aromatic rings. The van der Waals surface area contributed by atoms with Gasteiger partial charge in [0.15, 0.2) is 6.29 Å². The Kier molecular flexibility index (Phi) is 11.8. The van der Waals surface area contributed by atoms with Crippen LogP contribution in [0.2, 0.25) is 0 Å². The third-order valence-electron chi connectivity index (χ3n) is 2.02. The van der Waals surface area contributed by atoms with Crippen molar-refractivity contribution in [1.29, 1.82) is 0 Å². The number of rotatable bonds is 10. The number of thiol groups is 1. The summed E-state index contributed by atoms with van der Waals surface area (Å²) in [5.41, 5.74) is 0. The molecule has 0 aliphatic rings. The summed E-state index contributed by atoms with van der Waals surface area (Å²) in [6, 6.07) is 0. The molecule has 0 amide bonds. The summed E-state index contributed by atoms with van der Waals surface area (Å²) in [6.07, 6.45) is 4.14. The third-order valence-corrected chi connectivity index (χ3v) is 2.33. The lowest BCUT2D eigenvalue weighted by Crippen LogP contribution is -2.33. The summed E-state index contributed by atoms with van der Waals surface area (Å²) >= 11 is 8.83. The Labute approximate surface area is 110 Å². The van der Waals surface area contributed by atoms with Crippen LogP contribution in [0.15, 0.2) is 0 Å². The predicted octanol–water partition coefficient (Wildman–Crippen LogP) is 2.75. The highest BCUT2D eigenvalue weighted by molar-refractivity contribution is 8.11. The number of thiocarbonyl (C=S) groups is 1. The molecule has 0 bridgehead atoms. The first-order chi connectivity index (χ1) is 7.70. The van der Waals surface area contributed by atoms with Crippen LogP contribution in [0.5, 0.6) is 0 Å². The first-order valence-electron chi connectivity index (χ1n) is 5.90. The second kappa shape index (κ2) is 11.6. The Bertz CT molecular complexity index is 169. The Morgan fingerprint density at radius 3 is 2.06 bits per heavy atom. The molecule has 0 heterocycles. The summed E-state index contributed by atoms with van der Waals surface area (Å²) in [7, 11) is 0. The fraction of sp³-hybridized carbons (Fsp3) is 0.909. The minimum Gasteiger partial charge on any atom is -0.366 e. The molecule has 16 heavy (non-hydrogen) atoms. The van der Waals surface area contributed by atoms with Crippen molar-refractivity contribution in [2.24, 2.45) is 0 Å². The highest BCUT2D eigenvalue weighted by Crippen LogP contribution is 2.00. The molecular weight excluding hydrogens is 242 g/mol. The van der Waals surface area contributed by atoms with Crippen molar-refractivity contribution in [1.82, 2.24) is 5.32 Å². The van der Waals surface area contributed by atoms with E-state index >= 15 is 0 Å². The van der Waals surface area contributed by atoms with E-state index in [1.807, 2.05) is 0 Å². The number of nitrogens with one attached hydrogen (secondary N) is 1. The highest BCUT2D eigenvalue weighted by atomic mass is 32.1. The minimum absolute atomic E-state index is 0.219. The maximum atomic E-state index is 5.60. The first-order valence-corrected chi connectivity index (χ1v) is 6.76. The zero-order valence-corrected chi connectivity index (χ0v) is 11.9. The van der Waals surface area contributed by atoms with Crippen LogP contribution < -0.4 is 5.32 Å². The summed E-state index contributed by atoms with van der Waals surface area (Å²) < 4.78 is 11.7. The Morgan fingerprint density at radius 2 is 1.69 bits per heavy atom. The monoisotopic (exact) mass is 265 g/mol.